The van der Waals surface area contributed by atoms with Crippen molar-refractivity contribution >= 4 is 27.5 Å². The van der Waals surface area contributed by atoms with E-state index in [0.29, 0.717) is 0 Å². The van der Waals surface area contributed by atoms with Crippen molar-refractivity contribution in [1.29, 1.82) is 0 Å². The van der Waals surface area contributed by atoms with Crippen LogP contribution in [0, 0.1) is 5.41 Å². The highest BCUT2D eigenvalue weighted by molar-refractivity contribution is 9.10. The summed E-state index contributed by atoms with van der Waals surface area (Å²) in [5, 5.41) is 0.230. The molecule has 1 nitrogen and oxygen atoms in total. The summed E-state index contributed by atoms with van der Waals surface area (Å²) in [7, 11) is 0. The third-order valence-electron chi connectivity index (χ3n) is 3.67. The summed E-state index contributed by atoms with van der Waals surface area (Å²) >= 11 is 10.0. The van der Waals surface area contributed by atoms with Gasteiger partial charge in [-0.2, -0.15) is 0 Å². The summed E-state index contributed by atoms with van der Waals surface area (Å²) in [5.74, 6) is 1.12. The van der Waals surface area contributed by atoms with E-state index in [0.717, 1.165) is 42.5 Å². The molecule has 0 saturated heterocycles. The second kappa shape index (κ2) is 6.05. The Morgan fingerprint density at radius 1 is 1.37 bits per heavy atom. The minimum Gasteiger partial charge on any atom is -0.493 e. The van der Waals surface area contributed by atoms with Crippen LogP contribution in [0.1, 0.15) is 44.7 Å². The van der Waals surface area contributed by atoms with E-state index in [1.807, 2.05) is 0 Å². The maximum atomic E-state index is 6.43. The molecule has 1 heterocycles. The van der Waals surface area contributed by atoms with Crippen LogP contribution in [-0.4, -0.2) is 12.0 Å². The summed E-state index contributed by atoms with van der Waals surface area (Å²) < 4.78 is 6.91. The molecule has 1 aromatic rings. The van der Waals surface area contributed by atoms with Crippen LogP contribution in [0.5, 0.6) is 5.75 Å². The molecule has 1 atom stereocenters. The summed E-state index contributed by atoms with van der Waals surface area (Å²) in [6, 6.07) is 4.36. The second-order valence-corrected chi connectivity index (χ2v) is 7.82. The van der Waals surface area contributed by atoms with Crippen LogP contribution in [0.2, 0.25) is 0 Å². The Bertz CT molecular complexity index is 451. The molecule has 106 valence electrons. The highest BCUT2D eigenvalue weighted by Crippen LogP contribution is 2.35. The molecule has 1 unspecified atom stereocenters. The summed E-state index contributed by atoms with van der Waals surface area (Å²) in [6.45, 7) is 7.42. The first-order valence-electron chi connectivity index (χ1n) is 6.96. The largest absolute Gasteiger partial charge is 0.493 e. The number of hydrogen-bond acceptors (Lipinski definition) is 1. The molecular formula is C16H22BrClO. The Morgan fingerprint density at radius 2 is 2.11 bits per heavy atom. The molecule has 2 rings (SSSR count). The SMILES string of the molecule is CC(C)(C)C(Cl)CCCc1cc(Br)cc2c1OCC2. The van der Waals surface area contributed by atoms with Crippen molar-refractivity contribution in [3.8, 4) is 5.75 Å². The number of halogens is 2. The first-order valence-corrected chi connectivity index (χ1v) is 8.19. The van der Waals surface area contributed by atoms with Crippen molar-refractivity contribution in [2.24, 2.45) is 5.41 Å². The highest BCUT2D eigenvalue weighted by atomic mass is 79.9. The molecule has 19 heavy (non-hydrogen) atoms. The van der Waals surface area contributed by atoms with Crippen molar-refractivity contribution in [2.75, 3.05) is 6.61 Å². The van der Waals surface area contributed by atoms with Gasteiger partial charge in [0.1, 0.15) is 5.75 Å². The van der Waals surface area contributed by atoms with Crippen LogP contribution in [0.3, 0.4) is 0 Å². The monoisotopic (exact) mass is 344 g/mol. The van der Waals surface area contributed by atoms with Crippen molar-refractivity contribution in [3.63, 3.8) is 0 Å². The lowest BCUT2D eigenvalue weighted by molar-refractivity contribution is 0.350. The number of alkyl halides is 1. The first kappa shape index (κ1) is 15.2. The zero-order valence-corrected chi connectivity index (χ0v) is 14.3. The summed E-state index contributed by atoms with van der Waals surface area (Å²) in [6.07, 6.45) is 4.23. The van der Waals surface area contributed by atoms with E-state index in [4.69, 9.17) is 16.3 Å². The molecule has 0 radical (unpaired) electrons. The molecular weight excluding hydrogens is 324 g/mol. The Morgan fingerprint density at radius 3 is 2.79 bits per heavy atom. The molecule has 0 N–H and O–H groups in total. The Hall–Kier alpha value is -0.210. The number of benzene rings is 1. The molecule has 0 amide bonds. The Kier molecular flexibility index (Phi) is 4.84. The molecule has 1 aromatic carbocycles. The smallest absolute Gasteiger partial charge is 0.125 e. The number of aryl methyl sites for hydroxylation is 1. The van der Waals surface area contributed by atoms with Gasteiger partial charge in [-0.05, 0) is 47.9 Å². The highest BCUT2D eigenvalue weighted by Gasteiger charge is 2.22. The minimum absolute atomic E-state index is 0.178. The van der Waals surface area contributed by atoms with Gasteiger partial charge in [0.15, 0.2) is 0 Å². The van der Waals surface area contributed by atoms with Gasteiger partial charge in [0.2, 0.25) is 0 Å². The van der Waals surface area contributed by atoms with E-state index in [9.17, 15) is 0 Å². The number of fused-ring (bicyclic) bond motifs is 1. The van der Waals surface area contributed by atoms with Crippen LogP contribution >= 0.6 is 27.5 Å². The third kappa shape index (κ3) is 3.88. The fourth-order valence-electron chi connectivity index (χ4n) is 2.44. The van der Waals surface area contributed by atoms with Gasteiger partial charge in [0.05, 0.1) is 6.61 Å². The van der Waals surface area contributed by atoms with E-state index in [2.05, 4.69) is 48.8 Å². The van der Waals surface area contributed by atoms with Crippen LogP contribution < -0.4 is 4.74 Å². The molecule has 0 bridgehead atoms. The average Bonchev–Trinajstić information content (AvgIpc) is 2.75. The molecule has 3 heteroatoms. The van der Waals surface area contributed by atoms with Crippen LogP contribution in [0.25, 0.3) is 0 Å². The molecule has 1 aliphatic rings. The average molecular weight is 346 g/mol. The zero-order valence-electron chi connectivity index (χ0n) is 11.9. The zero-order chi connectivity index (χ0) is 14.0. The van der Waals surface area contributed by atoms with Crippen molar-refractivity contribution in [1.82, 2.24) is 0 Å². The lowest BCUT2D eigenvalue weighted by Gasteiger charge is -2.25. The van der Waals surface area contributed by atoms with E-state index in [-0.39, 0.29) is 10.8 Å². The van der Waals surface area contributed by atoms with Gasteiger partial charge in [-0.3, -0.25) is 0 Å². The second-order valence-electron chi connectivity index (χ2n) is 6.38. The summed E-state index contributed by atoms with van der Waals surface area (Å²) in [5.41, 5.74) is 2.83. The summed E-state index contributed by atoms with van der Waals surface area (Å²) in [4.78, 5) is 0. The fraction of sp³-hybridized carbons (Fsp3) is 0.625. The number of rotatable bonds is 4. The molecule has 0 saturated carbocycles. The topological polar surface area (TPSA) is 9.23 Å². The molecule has 0 fully saturated rings. The van der Waals surface area contributed by atoms with Crippen molar-refractivity contribution in [2.45, 2.75) is 51.8 Å². The Labute approximate surface area is 129 Å². The lowest BCUT2D eigenvalue weighted by atomic mass is 9.88. The predicted octanol–water partition coefficient (Wildman–Crippen LogP) is 5.36. The van der Waals surface area contributed by atoms with E-state index >= 15 is 0 Å². The maximum absolute atomic E-state index is 6.43. The Balaban J connectivity index is 1.97. The minimum atomic E-state index is 0.178. The fourth-order valence-corrected chi connectivity index (χ4v) is 3.14. The van der Waals surface area contributed by atoms with Gasteiger partial charge in [0.25, 0.3) is 0 Å². The molecule has 0 spiro atoms. The quantitative estimate of drug-likeness (QED) is 0.667. The van der Waals surface area contributed by atoms with E-state index in [1.54, 1.807) is 0 Å². The van der Waals surface area contributed by atoms with Crippen LogP contribution in [0.4, 0.5) is 0 Å². The van der Waals surface area contributed by atoms with Crippen molar-refractivity contribution < 1.29 is 4.74 Å². The van der Waals surface area contributed by atoms with Crippen LogP contribution in [0.15, 0.2) is 16.6 Å². The third-order valence-corrected chi connectivity index (χ3v) is 5.00. The number of hydrogen-bond donors (Lipinski definition) is 0. The predicted molar refractivity (Wildman–Crippen MR) is 85.4 cm³/mol. The van der Waals surface area contributed by atoms with Gasteiger partial charge in [-0.1, -0.05) is 36.7 Å². The molecule has 1 aliphatic heterocycles. The van der Waals surface area contributed by atoms with Gasteiger partial charge < -0.3 is 4.74 Å². The lowest BCUT2D eigenvalue weighted by Crippen LogP contribution is -2.20. The van der Waals surface area contributed by atoms with Crippen molar-refractivity contribution in [3.05, 3.63) is 27.7 Å². The van der Waals surface area contributed by atoms with Gasteiger partial charge in [-0.15, -0.1) is 11.6 Å². The maximum Gasteiger partial charge on any atom is 0.125 e. The van der Waals surface area contributed by atoms with Gasteiger partial charge in [0, 0.05) is 16.3 Å². The van der Waals surface area contributed by atoms with Gasteiger partial charge in [-0.25, -0.2) is 0 Å². The molecule has 0 aliphatic carbocycles. The first-order chi connectivity index (χ1) is 8.88. The van der Waals surface area contributed by atoms with E-state index in [1.165, 1.54) is 11.1 Å². The molecule has 0 aromatic heterocycles. The van der Waals surface area contributed by atoms with E-state index < -0.39 is 0 Å². The standard InChI is InChI=1S/C16H22BrClO/c1-16(2,3)14(18)6-4-5-11-9-13(17)10-12-7-8-19-15(11)12/h9-10,14H,4-8H2,1-3H3. The normalized spacial score (nSPS) is 16.1. The van der Waals surface area contributed by atoms with Gasteiger partial charge >= 0.3 is 0 Å². The number of ether oxygens (including phenoxy) is 1. The van der Waals surface area contributed by atoms with Crippen LogP contribution in [-0.2, 0) is 12.8 Å².